The number of likely N-dealkylation sites (N-methyl/N-ethyl adjacent to an activating group) is 1. The number of amidine groups is 1. The number of carbonyl (C=O) groups excluding carboxylic acids is 2. The van der Waals surface area contributed by atoms with Gasteiger partial charge in [-0.05, 0) is 89.1 Å². The van der Waals surface area contributed by atoms with Gasteiger partial charge in [-0.15, -0.1) is 0 Å². The molecule has 4 aromatic rings. The standard InChI is InChI=1S/C32H28N2O5S/c1-4-38-31(36)24-12-14-26(15-13-24)33-32-34(2)30(35)29(40-32)19-21-10-16-27(28(18-21)37-3)39-20-22-9-11-23-7-5-6-8-25(23)17-22/h5-19H,4,20H2,1-3H3/b29-19+,33-32?. The molecular formula is C32H28N2O5S. The summed E-state index contributed by atoms with van der Waals surface area (Å²) < 4.78 is 16.7. The number of thioether (sulfide) groups is 1. The Morgan fingerprint density at radius 3 is 2.48 bits per heavy atom. The van der Waals surface area contributed by atoms with Crippen molar-refractivity contribution in [1.82, 2.24) is 4.90 Å². The molecule has 1 amide bonds. The second kappa shape index (κ2) is 12.1. The van der Waals surface area contributed by atoms with Gasteiger partial charge in [0, 0.05) is 7.05 Å². The summed E-state index contributed by atoms with van der Waals surface area (Å²) in [6, 6.07) is 26.8. The SMILES string of the molecule is CCOC(=O)c1ccc(N=C2S/C(=C/c3ccc(OCc4ccc5ccccc5c4)c(OC)c3)C(=O)N2C)cc1. The van der Waals surface area contributed by atoms with E-state index >= 15 is 0 Å². The monoisotopic (exact) mass is 552 g/mol. The number of hydrogen-bond donors (Lipinski definition) is 0. The van der Waals surface area contributed by atoms with Crippen molar-refractivity contribution in [2.75, 3.05) is 20.8 Å². The highest BCUT2D eigenvalue weighted by atomic mass is 32.2. The molecule has 1 fully saturated rings. The van der Waals surface area contributed by atoms with E-state index in [1.54, 1.807) is 45.3 Å². The van der Waals surface area contributed by atoms with Gasteiger partial charge in [0.15, 0.2) is 16.7 Å². The lowest BCUT2D eigenvalue weighted by molar-refractivity contribution is -0.121. The van der Waals surface area contributed by atoms with Gasteiger partial charge in [0.05, 0.1) is 29.9 Å². The van der Waals surface area contributed by atoms with Crippen molar-refractivity contribution in [2.24, 2.45) is 4.99 Å². The molecule has 0 aliphatic carbocycles. The fourth-order valence-electron chi connectivity index (χ4n) is 4.18. The van der Waals surface area contributed by atoms with Crippen molar-refractivity contribution in [3.63, 3.8) is 0 Å². The Balaban J connectivity index is 1.29. The van der Waals surface area contributed by atoms with Crippen molar-refractivity contribution < 1.29 is 23.8 Å². The van der Waals surface area contributed by atoms with Crippen LogP contribution in [0.4, 0.5) is 5.69 Å². The van der Waals surface area contributed by atoms with E-state index in [0.29, 0.717) is 46.0 Å². The molecule has 0 radical (unpaired) electrons. The zero-order chi connectivity index (χ0) is 28.1. The summed E-state index contributed by atoms with van der Waals surface area (Å²) in [6.45, 7) is 2.48. The first kappa shape index (κ1) is 27.0. The highest BCUT2D eigenvalue weighted by molar-refractivity contribution is 8.18. The molecule has 1 aliphatic heterocycles. The molecule has 0 aromatic heterocycles. The number of carbonyl (C=O) groups is 2. The number of hydrogen-bond acceptors (Lipinski definition) is 7. The van der Waals surface area contributed by atoms with Crippen LogP contribution >= 0.6 is 11.8 Å². The van der Waals surface area contributed by atoms with Gasteiger partial charge in [0.25, 0.3) is 5.91 Å². The summed E-state index contributed by atoms with van der Waals surface area (Å²) in [5, 5.41) is 2.89. The molecule has 40 heavy (non-hydrogen) atoms. The molecule has 1 heterocycles. The van der Waals surface area contributed by atoms with E-state index in [1.165, 1.54) is 22.0 Å². The number of ether oxygens (including phenoxy) is 3. The van der Waals surface area contributed by atoms with Gasteiger partial charge in [0.1, 0.15) is 6.61 Å². The van der Waals surface area contributed by atoms with Crippen LogP contribution in [-0.4, -0.2) is 42.7 Å². The molecule has 0 spiro atoms. The molecule has 4 aromatic carbocycles. The maximum atomic E-state index is 12.9. The summed E-state index contributed by atoms with van der Waals surface area (Å²) in [5.74, 6) is 0.667. The van der Waals surface area contributed by atoms with E-state index in [9.17, 15) is 9.59 Å². The second-order valence-electron chi connectivity index (χ2n) is 9.02. The van der Waals surface area contributed by atoms with Crippen LogP contribution in [0.25, 0.3) is 16.8 Å². The average molecular weight is 553 g/mol. The van der Waals surface area contributed by atoms with Crippen molar-refractivity contribution in [2.45, 2.75) is 13.5 Å². The van der Waals surface area contributed by atoms with Gasteiger partial charge in [-0.25, -0.2) is 9.79 Å². The Bertz CT molecular complexity index is 1630. The topological polar surface area (TPSA) is 77.4 Å². The van der Waals surface area contributed by atoms with E-state index in [1.807, 2.05) is 36.4 Å². The fourth-order valence-corrected chi connectivity index (χ4v) is 5.17. The molecule has 0 saturated carbocycles. The van der Waals surface area contributed by atoms with Crippen LogP contribution in [0.15, 0.2) is 94.8 Å². The van der Waals surface area contributed by atoms with Gasteiger partial charge in [-0.3, -0.25) is 9.69 Å². The Labute approximate surface area is 237 Å². The molecule has 1 aliphatic rings. The predicted molar refractivity (Wildman–Crippen MR) is 159 cm³/mol. The number of amides is 1. The average Bonchev–Trinajstić information content (AvgIpc) is 3.24. The Morgan fingerprint density at radius 2 is 1.73 bits per heavy atom. The number of benzene rings is 4. The molecule has 0 unspecified atom stereocenters. The smallest absolute Gasteiger partial charge is 0.338 e. The summed E-state index contributed by atoms with van der Waals surface area (Å²) >= 11 is 1.29. The van der Waals surface area contributed by atoms with E-state index in [4.69, 9.17) is 14.2 Å². The second-order valence-corrected chi connectivity index (χ2v) is 10.0. The van der Waals surface area contributed by atoms with Gasteiger partial charge < -0.3 is 14.2 Å². The molecule has 0 bridgehead atoms. The zero-order valence-electron chi connectivity index (χ0n) is 22.4. The molecule has 8 heteroatoms. The molecule has 0 N–H and O–H groups in total. The van der Waals surface area contributed by atoms with Crippen molar-refractivity contribution >= 4 is 51.3 Å². The quantitative estimate of drug-likeness (QED) is 0.176. The van der Waals surface area contributed by atoms with Gasteiger partial charge in [0.2, 0.25) is 0 Å². The van der Waals surface area contributed by atoms with Gasteiger partial charge >= 0.3 is 5.97 Å². The van der Waals surface area contributed by atoms with Crippen LogP contribution < -0.4 is 9.47 Å². The van der Waals surface area contributed by atoms with Crippen LogP contribution in [0, 0.1) is 0 Å². The summed E-state index contributed by atoms with van der Waals surface area (Å²) in [4.78, 5) is 31.5. The number of nitrogens with zero attached hydrogens (tertiary/aromatic N) is 2. The summed E-state index contributed by atoms with van der Waals surface area (Å²) in [5.41, 5.74) is 2.95. The number of aliphatic imine (C=N–C) groups is 1. The highest BCUT2D eigenvalue weighted by Gasteiger charge is 2.30. The normalized spacial score (nSPS) is 15.2. The van der Waals surface area contributed by atoms with Crippen molar-refractivity contribution in [3.05, 3.63) is 107 Å². The third-order valence-electron chi connectivity index (χ3n) is 6.30. The minimum absolute atomic E-state index is 0.150. The highest BCUT2D eigenvalue weighted by Crippen LogP contribution is 2.35. The lowest BCUT2D eigenvalue weighted by Crippen LogP contribution is -2.23. The van der Waals surface area contributed by atoms with Crippen LogP contribution in [0.2, 0.25) is 0 Å². The number of rotatable bonds is 8. The maximum Gasteiger partial charge on any atom is 0.338 e. The zero-order valence-corrected chi connectivity index (χ0v) is 23.2. The van der Waals surface area contributed by atoms with Gasteiger partial charge in [-0.1, -0.05) is 42.5 Å². The fraction of sp³-hybridized carbons (Fsp3) is 0.156. The van der Waals surface area contributed by atoms with E-state index in [2.05, 4.69) is 35.3 Å². The third kappa shape index (κ3) is 6.02. The van der Waals surface area contributed by atoms with E-state index in [-0.39, 0.29) is 11.9 Å². The number of methoxy groups -OCH3 is 1. The Kier molecular flexibility index (Phi) is 8.17. The minimum Gasteiger partial charge on any atom is -0.493 e. The molecule has 0 atom stereocenters. The molecular weight excluding hydrogens is 524 g/mol. The Hall–Kier alpha value is -4.56. The third-order valence-corrected chi connectivity index (χ3v) is 7.36. The minimum atomic E-state index is -0.380. The van der Waals surface area contributed by atoms with Crippen LogP contribution in [0.3, 0.4) is 0 Å². The summed E-state index contributed by atoms with van der Waals surface area (Å²) in [6.07, 6.45) is 1.81. The molecule has 5 rings (SSSR count). The maximum absolute atomic E-state index is 12.9. The van der Waals surface area contributed by atoms with Crippen molar-refractivity contribution in [1.29, 1.82) is 0 Å². The van der Waals surface area contributed by atoms with Crippen LogP contribution in [-0.2, 0) is 16.1 Å². The lowest BCUT2D eigenvalue weighted by atomic mass is 10.1. The lowest BCUT2D eigenvalue weighted by Gasteiger charge is -2.12. The number of fused-ring (bicyclic) bond motifs is 1. The Morgan fingerprint density at radius 1 is 0.950 bits per heavy atom. The van der Waals surface area contributed by atoms with Crippen LogP contribution in [0.1, 0.15) is 28.4 Å². The van der Waals surface area contributed by atoms with Crippen molar-refractivity contribution in [3.8, 4) is 11.5 Å². The van der Waals surface area contributed by atoms with E-state index < -0.39 is 0 Å². The first-order valence-electron chi connectivity index (χ1n) is 12.8. The first-order valence-corrected chi connectivity index (χ1v) is 13.6. The molecule has 7 nitrogen and oxygen atoms in total. The number of esters is 1. The van der Waals surface area contributed by atoms with E-state index in [0.717, 1.165) is 16.5 Å². The molecule has 1 saturated heterocycles. The predicted octanol–water partition coefficient (Wildman–Crippen LogP) is 6.84. The molecule has 202 valence electrons. The van der Waals surface area contributed by atoms with Gasteiger partial charge in [-0.2, -0.15) is 0 Å². The largest absolute Gasteiger partial charge is 0.493 e. The first-order chi connectivity index (χ1) is 19.4. The van der Waals surface area contributed by atoms with Crippen LogP contribution in [0.5, 0.6) is 11.5 Å². The summed E-state index contributed by atoms with van der Waals surface area (Å²) in [7, 11) is 3.28.